The zero-order chi connectivity index (χ0) is 14.6. The summed E-state index contributed by atoms with van der Waals surface area (Å²) in [6, 6.07) is -0.118. The van der Waals surface area contributed by atoms with Gasteiger partial charge < -0.3 is 14.8 Å². The number of carbonyl (C=O) groups excluding carboxylic acids is 1. The van der Waals surface area contributed by atoms with Crippen molar-refractivity contribution in [2.45, 2.75) is 51.9 Å². The minimum Gasteiger partial charge on any atom is -0.355 e. The Hall–Kier alpha value is -0.650. The lowest BCUT2D eigenvalue weighted by atomic mass is 10.0. The van der Waals surface area contributed by atoms with Crippen molar-refractivity contribution in [2.75, 3.05) is 32.8 Å². The zero-order valence-electron chi connectivity index (χ0n) is 13.0. The monoisotopic (exact) mass is 284 g/mol. The first-order valence-electron chi connectivity index (χ1n) is 7.82. The van der Waals surface area contributed by atoms with Gasteiger partial charge in [0.1, 0.15) is 0 Å². The van der Waals surface area contributed by atoms with E-state index in [0.717, 1.165) is 32.4 Å². The number of piperidine rings is 1. The van der Waals surface area contributed by atoms with E-state index in [1.807, 2.05) is 6.92 Å². The third kappa shape index (κ3) is 3.93. The Morgan fingerprint density at radius 1 is 1.30 bits per heavy atom. The number of nitrogens with one attached hydrogen (secondary N) is 1. The molecular weight excluding hydrogens is 256 g/mol. The van der Waals surface area contributed by atoms with Crippen molar-refractivity contribution < 1.29 is 14.3 Å². The number of hydrogen-bond donors (Lipinski definition) is 1. The van der Waals surface area contributed by atoms with Crippen molar-refractivity contribution in [3.8, 4) is 0 Å². The second-order valence-corrected chi connectivity index (χ2v) is 6.33. The fourth-order valence-electron chi connectivity index (χ4n) is 2.88. The first kappa shape index (κ1) is 15.7. The summed E-state index contributed by atoms with van der Waals surface area (Å²) in [5.74, 6) is 0.273. The third-order valence-corrected chi connectivity index (χ3v) is 4.21. The molecule has 2 aliphatic heterocycles. The second-order valence-electron chi connectivity index (χ2n) is 6.33. The molecule has 0 aromatic carbocycles. The Morgan fingerprint density at radius 2 is 2.00 bits per heavy atom. The standard InChI is InChI=1S/C15H28N2O3/c1-12(2)5-7-16-14(18)13(3)17-8-4-6-15(11-17)19-9-10-20-15/h12-13H,4-11H2,1-3H3,(H,16,18). The van der Waals surface area contributed by atoms with Gasteiger partial charge in [-0.1, -0.05) is 13.8 Å². The average Bonchev–Trinajstić information content (AvgIpc) is 2.85. The fraction of sp³-hybridized carbons (Fsp3) is 0.933. The number of carbonyl (C=O) groups is 1. The molecule has 2 saturated heterocycles. The van der Waals surface area contributed by atoms with E-state index >= 15 is 0 Å². The Kier molecular flexibility index (Phi) is 5.41. The lowest BCUT2D eigenvalue weighted by molar-refractivity contribution is -0.193. The summed E-state index contributed by atoms with van der Waals surface area (Å²) >= 11 is 0. The van der Waals surface area contributed by atoms with E-state index in [4.69, 9.17) is 9.47 Å². The molecule has 0 aromatic rings. The SMILES string of the molecule is CC(C)CCNC(=O)C(C)N1CCCC2(C1)OCCO2. The molecule has 2 aliphatic rings. The summed E-state index contributed by atoms with van der Waals surface area (Å²) < 4.78 is 11.5. The third-order valence-electron chi connectivity index (χ3n) is 4.21. The number of ether oxygens (including phenoxy) is 2. The predicted octanol–water partition coefficient (Wildman–Crippen LogP) is 1.38. The lowest BCUT2D eigenvalue weighted by Gasteiger charge is -2.40. The Bertz CT molecular complexity index is 327. The average molecular weight is 284 g/mol. The van der Waals surface area contributed by atoms with Crippen LogP contribution in [0.2, 0.25) is 0 Å². The molecule has 0 radical (unpaired) electrons. The summed E-state index contributed by atoms with van der Waals surface area (Å²) in [5, 5.41) is 3.03. The van der Waals surface area contributed by atoms with Crippen molar-refractivity contribution in [2.24, 2.45) is 5.92 Å². The van der Waals surface area contributed by atoms with Crippen molar-refractivity contribution in [3.63, 3.8) is 0 Å². The number of nitrogens with zero attached hydrogens (tertiary/aromatic N) is 1. The van der Waals surface area contributed by atoms with Crippen LogP contribution in [0.15, 0.2) is 0 Å². The molecular formula is C15H28N2O3. The van der Waals surface area contributed by atoms with Gasteiger partial charge in [0, 0.05) is 13.0 Å². The van der Waals surface area contributed by atoms with E-state index in [2.05, 4.69) is 24.1 Å². The van der Waals surface area contributed by atoms with E-state index < -0.39 is 5.79 Å². The van der Waals surface area contributed by atoms with Crippen LogP contribution in [0.25, 0.3) is 0 Å². The minimum atomic E-state index is -0.454. The maximum absolute atomic E-state index is 12.2. The van der Waals surface area contributed by atoms with E-state index in [9.17, 15) is 4.79 Å². The summed E-state index contributed by atoms with van der Waals surface area (Å²) in [5.41, 5.74) is 0. The first-order chi connectivity index (χ1) is 9.52. The van der Waals surface area contributed by atoms with E-state index in [-0.39, 0.29) is 11.9 Å². The van der Waals surface area contributed by atoms with Crippen LogP contribution in [-0.4, -0.2) is 55.5 Å². The first-order valence-corrected chi connectivity index (χ1v) is 7.82. The largest absolute Gasteiger partial charge is 0.355 e. The highest BCUT2D eigenvalue weighted by molar-refractivity contribution is 5.81. The molecule has 2 heterocycles. The van der Waals surface area contributed by atoms with Gasteiger partial charge in [0.25, 0.3) is 0 Å². The zero-order valence-corrected chi connectivity index (χ0v) is 13.0. The molecule has 0 aliphatic carbocycles. The van der Waals surface area contributed by atoms with Gasteiger partial charge in [-0.2, -0.15) is 0 Å². The fourth-order valence-corrected chi connectivity index (χ4v) is 2.88. The topological polar surface area (TPSA) is 50.8 Å². The maximum Gasteiger partial charge on any atom is 0.237 e. The van der Waals surface area contributed by atoms with Crippen LogP contribution in [0, 0.1) is 5.92 Å². The smallest absolute Gasteiger partial charge is 0.237 e. The van der Waals surface area contributed by atoms with Crippen LogP contribution in [0.3, 0.4) is 0 Å². The molecule has 0 aromatic heterocycles. The molecule has 1 amide bonds. The normalized spacial score (nSPS) is 24.2. The van der Waals surface area contributed by atoms with E-state index in [1.54, 1.807) is 0 Å². The van der Waals surface area contributed by atoms with Crippen LogP contribution >= 0.6 is 0 Å². The molecule has 20 heavy (non-hydrogen) atoms. The van der Waals surface area contributed by atoms with Crippen LogP contribution in [-0.2, 0) is 14.3 Å². The van der Waals surface area contributed by atoms with Crippen molar-refractivity contribution in [3.05, 3.63) is 0 Å². The van der Waals surface area contributed by atoms with Gasteiger partial charge in [0.15, 0.2) is 5.79 Å². The molecule has 1 unspecified atom stereocenters. The molecule has 5 nitrogen and oxygen atoms in total. The molecule has 116 valence electrons. The molecule has 5 heteroatoms. The number of hydrogen-bond acceptors (Lipinski definition) is 4. The Morgan fingerprint density at radius 3 is 2.65 bits per heavy atom. The van der Waals surface area contributed by atoms with E-state index in [0.29, 0.717) is 25.7 Å². The molecule has 2 fully saturated rings. The lowest BCUT2D eigenvalue weighted by Crippen LogP contribution is -2.55. The highest BCUT2D eigenvalue weighted by Gasteiger charge is 2.42. The Balaban J connectivity index is 1.81. The van der Waals surface area contributed by atoms with Gasteiger partial charge in [-0.3, -0.25) is 9.69 Å². The molecule has 1 atom stereocenters. The second kappa shape index (κ2) is 6.87. The summed E-state index contributed by atoms with van der Waals surface area (Å²) in [4.78, 5) is 14.4. The van der Waals surface area contributed by atoms with Gasteiger partial charge >= 0.3 is 0 Å². The molecule has 1 N–H and O–H groups in total. The maximum atomic E-state index is 12.2. The van der Waals surface area contributed by atoms with Gasteiger partial charge in [-0.15, -0.1) is 0 Å². The highest BCUT2D eigenvalue weighted by atomic mass is 16.7. The van der Waals surface area contributed by atoms with Gasteiger partial charge in [-0.25, -0.2) is 0 Å². The van der Waals surface area contributed by atoms with E-state index in [1.165, 1.54) is 0 Å². The molecule has 1 spiro atoms. The molecule has 0 bridgehead atoms. The summed E-state index contributed by atoms with van der Waals surface area (Å²) in [6.45, 7) is 10.0. The number of likely N-dealkylation sites (tertiary alicyclic amines) is 1. The van der Waals surface area contributed by atoms with Crippen LogP contribution < -0.4 is 5.32 Å². The number of amides is 1. The summed E-state index contributed by atoms with van der Waals surface area (Å²) in [7, 11) is 0. The van der Waals surface area contributed by atoms with Gasteiger partial charge in [0.05, 0.1) is 25.8 Å². The van der Waals surface area contributed by atoms with Gasteiger partial charge in [0.2, 0.25) is 5.91 Å². The summed E-state index contributed by atoms with van der Waals surface area (Å²) in [6.07, 6.45) is 2.98. The number of rotatable bonds is 5. The highest BCUT2D eigenvalue weighted by Crippen LogP contribution is 2.30. The predicted molar refractivity (Wildman–Crippen MR) is 77.4 cm³/mol. The van der Waals surface area contributed by atoms with Gasteiger partial charge in [-0.05, 0) is 32.2 Å². The van der Waals surface area contributed by atoms with Crippen LogP contribution in [0.4, 0.5) is 0 Å². The molecule has 0 saturated carbocycles. The Labute approximate surface area is 122 Å². The van der Waals surface area contributed by atoms with Crippen molar-refractivity contribution in [1.29, 1.82) is 0 Å². The minimum absolute atomic E-state index is 0.112. The molecule has 2 rings (SSSR count). The van der Waals surface area contributed by atoms with Crippen molar-refractivity contribution >= 4 is 5.91 Å². The van der Waals surface area contributed by atoms with Crippen molar-refractivity contribution in [1.82, 2.24) is 10.2 Å². The van der Waals surface area contributed by atoms with Crippen LogP contribution in [0.1, 0.15) is 40.0 Å². The quantitative estimate of drug-likeness (QED) is 0.828. The van der Waals surface area contributed by atoms with Crippen LogP contribution in [0.5, 0.6) is 0 Å².